The van der Waals surface area contributed by atoms with Crippen LogP contribution in [0.25, 0.3) is 0 Å². The molecule has 0 atom stereocenters. The van der Waals surface area contributed by atoms with Crippen LogP contribution in [0.15, 0.2) is 35.0 Å². The molecule has 0 fully saturated rings. The monoisotopic (exact) mass is 289 g/mol. The number of thiophene rings is 1. The van der Waals surface area contributed by atoms with Crippen molar-refractivity contribution >= 4 is 28.6 Å². The maximum atomic E-state index is 12.0. The fraction of sp³-hybridized carbons (Fsp3) is 0.267. The van der Waals surface area contributed by atoms with Gasteiger partial charge in [0.2, 0.25) is 5.91 Å². The molecular weight excluding hydrogens is 270 g/mol. The van der Waals surface area contributed by atoms with Crippen LogP contribution in [0, 0.1) is 6.92 Å². The average molecular weight is 289 g/mol. The number of hydrogen-bond donors (Lipinski definition) is 2. The van der Waals surface area contributed by atoms with E-state index in [0.29, 0.717) is 17.9 Å². The van der Waals surface area contributed by atoms with Crippen LogP contribution in [0.5, 0.6) is 0 Å². The van der Waals surface area contributed by atoms with Crippen LogP contribution < -0.4 is 11.1 Å². The van der Waals surface area contributed by atoms with Crippen molar-refractivity contribution in [1.82, 2.24) is 4.90 Å². The average Bonchev–Trinajstić information content (AvgIpc) is 2.85. The molecule has 0 bridgehead atoms. The Bertz CT molecular complexity index is 581. The van der Waals surface area contributed by atoms with Crippen molar-refractivity contribution in [2.75, 3.05) is 24.6 Å². The molecule has 20 heavy (non-hydrogen) atoms. The molecule has 1 amide bonds. The van der Waals surface area contributed by atoms with Gasteiger partial charge >= 0.3 is 0 Å². The van der Waals surface area contributed by atoms with E-state index in [9.17, 15) is 4.79 Å². The number of nitrogen functional groups attached to an aromatic ring is 1. The van der Waals surface area contributed by atoms with Crippen LogP contribution in [0.2, 0.25) is 0 Å². The third-order valence-corrected chi connectivity index (χ3v) is 3.66. The molecule has 3 N–H and O–H groups in total. The first kappa shape index (κ1) is 14.6. The van der Waals surface area contributed by atoms with E-state index >= 15 is 0 Å². The van der Waals surface area contributed by atoms with Gasteiger partial charge in [0.15, 0.2) is 0 Å². The molecule has 1 aromatic heterocycles. The van der Waals surface area contributed by atoms with Crippen LogP contribution in [0.3, 0.4) is 0 Å². The van der Waals surface area contributed by atoms with Crippen molar-refractivity contribution in [2.24, 2.45) is 0 Å². The van der Waals surface area contributed by atoms with Crippen LogP contribution >= 0.6 is 11.3 Å². The zero-order valence-electron chi connectivity index (χ0n) is 11.7. The summed E-state index contributed by atoms with van der Waals surface area (Å²) < 4.78 is 0. The topological polar surface area (TPSA) is 58.4 Å². The number of amides is 1. The van der Waals surface area contributed by atoms with Gasteiger partial charge in [-0.2, -0.15) is 11.3 Å². The summed E-state index contributed by atoms with van der Waals surface area (Å²) in [5.41, 5.74) is 9.45. The lowest BCUT2D eigenvalue weighted by molar-refractivity contribution is -0.117. The molecule has 0 saturated carbocycles. The Balaban J connectivity index is 1.88. The lowest BCUT2D eigenvalue weighted by Crippen LogP contribution is -2.29. The predicted molar refractivity (Wildman–Crippen MR) is 84.9 cm³/mol. The molecule has 5 heteroatoms. The summed E-state index contributed by atoms with van der Waals surface area (Å²) in [5.74, 6) is -0.0571. The maximum absolute atomic E-state index is 12.0. The molecule has 0 unspecified atom stereocenters. The lowest BCUT2D eigenvalue weighted by atomic mass is 10.2. The van der Waals surface area contributed by atoms with E-state index in [1.54, 1.807) is 11.3 Å². The normalized spacial score (nSPS) is 10.8. The van der Waals surface area contributed by atoms with E-state index in [-0.39, 0.29) is 5.91 Å². The summed E-state index contributed by atoms with van der Waals surface area (Å²) in [7, 11) is 1.93. The van der Waals surface area contributed by atoms with E-state index in [0.717, 1.165) is 12.1 Å². The van der Waals surface area contributed by atoms with Crippen molar-refractivity contribution in [1.29, 1.82) is 0 Å². The Labute approximate surface area is 123 Å². The fourth-order valence-electron chi connectivity index (χ4n) is 1.98. The van der Waals surface area contributed by atoms with E-state index in [4.69, 9.17) is 5.73 Å². The third-order valence-electron chi connectivity index (χ3n) is 2.93. The standard InChI is InChI=1S/C15H19N3OS/c1-11-3-4-14(13(16)7-11)17-15(19)9-18(2)8-12-5-6-20-10-12/h3-7,10H,8-9,16H2,1-2H3,(H,17,19). The highest BCUT2D eigenvalue weighted by Gasteiger charge is 2.09. The van der Waals surface area contributed by atoms with Gasteiger partial charge in [-0.15, -0.1) is 0 Å². The van der Waals surface area contributed by atoms with Gasteiger partial charge in [-0.05, 0) is 54.1 Å². The minimum Gasteiger partial charge on any atom is -0.397 e. The first-order valence-electron chi connectivity index (χ1n) is 6.40. The summed E-state index contributed by atoms with van der Waals surface area (Å²) in [6, 6.07) is 7.68. The van der Waals surface area contributed by atoms with Gasteiger partial charge in [-0.3, -0.25) is 9.69 Å². The molecule has 1 aromatic carbocycles. The largest absolute Gasteiger partial charge is 0.397 e. The van der Waals surface area contributed by atoms with Gasteiger partial charge in [0, 0.05) is 6.54 Å². The molecule has 0 aliphatic heterocycles. The lowest BCUT2D eigenvalue weighted by Gasteiger charge is -2.16. The van der Waals surface area contributed by atoms with Gasteiger partial charge in [0.1, 0.15) is 0 Å². The second-order valence-electron chi connectivity index (χ2n) is 4.94. The summed E-state index contributed by atoms with van der Waals surface area (Å²) in [6.07, 6.45) is 0. The fourth-order valence-corrected chi connectivity index (χ4v) is 2.64. The predicted octanol–water partition coefficient (Wildman–Crippen LogP) is 2.71. The molecule has 2 rings (SSSR count). The highest BCUT2D eigenvalue weighted by atomic mass is 32.1. The van der Waals surface area contributed by atoms with Crippen LogP contribution in [-0.2, 0) is 11.3 Å². The van der Waals surface area contributed by atoms with Crippen molar-refractivity contribution in [3.05, 3.63) is 46.2 Å². The molecular formula is C15H19N3OS. The minimum absolute atomic E-state index is 0.0571. The van der Waals surface area contributed by atoms with Crippen LogP contribution in [0.4, 0.5) is 11.4 Å². The van der Waals surface area contributed by atoms with Crippen molar-refractivity contribution in [3.63, 3.8) is 0 Å². The molecule has 2 aromatic rings. The number of nitrogens with zero attached hydrogens (tertiary/aromatic N) is 1. The SMILES string of the molecule is Cc1ccc(NC(=O)CN(C)Cc2ccsc2)c(N)c1. The summed E-state index contributed by atoms with van der Waals surface area (Å²) >= 11 is 1.66. The molecule has 0 aliphatic carbocycles. The molecule has 4 nitrogen and oxygen atoms in total. The Morgan fingerprint density at radius 3 is 2.85 bits per heavy atom. The van der Waals surface area contributed by atoms with Gasteiger partial charge in [0.05, 0.1) is 17.9 Å². The molecule has 0 saturated heterocycles. The van der Waals surface area contributed by atoms with Gasteiger partial charge in [-0.25, -0.2) is 0 Å². The number of aryl methyl sites for hydroxylation is 1. The Morgan fingerprint density at radius 2 is 2.20 bits per heavy atom. The highest BCUT2D eigenvalue weighted by Crippen LogP contribution is 2.19. The molecule has 0 radical (unpaired) electrons. The number of likely N-dealkylation sites (N-methyl/N-ethyl adjacent to an activating group) is 1. The quantitative estimate of drug-likeness (QED) is 0.832. The number of nitrogens with one attached hydrogen (secondary N) is 1. The zero-order valence-corrected chi connectivity index (χ0v) is 12.5. The number of carbonyl (C=O) groups excluding carboxylic acids is 1. The van der Waals surface area contributed by atoms with Crippen molar-refractivity contribution < 1.29 is 4.79 Å². The number of anilines is 2. The van der Waals surface area contributed by atoms with Crippen LogP contribution in [0.1, 0.15) is 11.1 Å². The summed E-state index contributed by atoms with van der Waals surface area (Å²) in [6.45, 7) is 3.07. The number of hydrogen-bond acceptors (Lipinski definition) is 4. The van der Waals surface area contributed by atoms with E-state index in [1.165, 1.54) is 5.56 Å². The third kappa shape index (κ3) is 4.08. The molecule has 0 spiro atoms. The van der Waals surface area contributed by atoms with Crippen molar-refractivity contribution in [3.8, 4) is 0 Å². The second-order valence-corrected chi connectivity index (χ2v) is 5.72. The first-order chi connectivity index (χ1) is 9.54. The maximum Gasteiger partial charge on any atom is 0.238 e. The van der Waals surface area contributed by atoms with Crippen LogP contribution in [-0.4, -0.2) is 24.4 Å². The van der Waals surface area contributed by atoms with Gasteiger partial charge < -0.3 is 11.1 Å². The zero-order chi connectivity index (χ0) is 14.5. The number of carbonyl (C=O) groups is 1. The van der Waals surface area contributed by atoms with E-state index in [1.807, 2.05) is 42.5 Å². The first-order valence-corrected chi connectivity index (χ1v) is 7.34. The highest BCUT2D eigenvalue weighted by molar-refractivity contribution is 7.07. The van der Waals surface area contributed by atoms with Crippen molar-refractivity contribution in [2.45, 2.75) is 13.5 Å². The molecule has 106 valence electrons. The number of nitrogens with two attached hydrogens (primary N) is 1. The Kier molecular flexibility index (Phi) is 4.76. The Hall–Kier alpha value is -1.85. The van der Waals surface area contributed by atoms with Gasteiger partial charge in [0.25, 0.3) is 0 Å². The molecule has 1 heterocycles. The number of rotatable bonds is 5. The smallest absolute Gasteiger partial charge is 0.238 e. The second kappa shape index (κ2) is 6.54. The van der Waals surface area contributed by atoms with E-state index < -0.39 is 0 Å². The van der Waals surface area contributed by atoms with E-state index in [2.05, 4.69) is 16.8 Å². The number of benzene rings is 1. The van der Waals surface area contributed by atoms with Gasteiger partial charge in [-0.1, -0.05) is 6.07 Å². The summed E-state index contributed by atoms with van der Waals surface area (Å²) in [4.78, 5) is 14.0. The molecule has 0 aliphatic rings. The Morgan fingerprint density at radius 1 is 1.40 bits per heavy atom. The summed E-state index contributed by atoms with van der Waals surface area (Å²) in [5, 5.41) is 6.97. The minimum atomic E-state index is -0.0571.